The smallest absolute Gasteiger partial charge is 0.338 e. The Morgan fingerprint density at radius 3 is 2.33 bits per heavy atom. The first kappa shape index (κ1) is 17.7. The number of ether oxygens (including phenoxy) is 1. The number of carbonyl (C=O) groups is 2. The quantitative estimate of drug-likeness (QED) is 0.846. The Kier molecular flexibility index (Phi) is 5.33. The summed E-state index contributed by atoms with van der Waals surface area (Å²) < 4.78 is 10.1. The highest BCUT2D eigenvalue weighted by Crippen LogP contribution is 2.10. The van der Waals surface area contributed by atoms with Gasteiger partial charge in [-0.3, -0.25) is 4.79 Å². The summed E-state index contributed by atoms with van der Waals surface area (Å²) in [5.74, 6) is 0.103. The maximum atomic E-state index is 12.0. The number of nitrogens with zero attached hydrogens (tertiary/aromatic N) is 2. The zero-order valence-electron chi connectivity index (χ0n) is 14.3. The molecule has 1 heterocycles. The van der Waals surface area contributed by atoms with Crippen molar-refractivity contribution in [3.8, 4) is 0 Å². The molecule has 2 aromatic rings. The second-order valence-electron chi connectivity index (χ2n) is 6.32. The molecule has 0 aliphatic carbocycles. The van der Waals surface area contributed by atoms with Crippen LogP contribution in [0, 0.1) is 0 Å². The molecule has 7 nitrogen and oxygen atoms in total. The number of hydrogen-bond donors (Lipinski definition) is 1. The Bertz CT molecular complexity index is 714. The van der Waals surface area contributed by atoms with Crippen molar-refractivity contribution in [1.82, 2.24) is 15.5 Å². The summed E-state index contributed by atoms with van der Waals surface area (Å²) in [4.78, 5) is 28.1. The molecule has 7 heteroatoms. The van der Waals surface area contributed by atoms with Gasteiger partial charge >= 0.3 is 5.97 Å². The van der Waals surface area contributed by atoms with E-state index in [-0.39, 0.29) is 23.9 Å². The van der Waals surface area contributed by atoms with Crippen LogP contribution in [0.5, 0.6) is 0 Å². The normalized spacial score (nSPS) is 11.2. The molecule has 1 N–H and O–H groups in total. The number of aryl methyl sites for hydroxylation is 1. The van der Waals surface area contributed by atoms with Gasteiger partial charge in [0.2, 0.25) is 0 Å². The number of rotatable bonds is 5. The van der Waals surface area contributed by atoms with E-state index in [0.29, 0.717) is 23.4 Å². The van der Waals surface area contributed by atoms with Crippen LogP contribution in [-0.2, 0) is 17.8 Å². The second-order valence-corrected chi connectivity index (χ2v) is 6.32. The molecule has 0 unspecified atom stereocenters. The Morgan fingerprint density at radius 1 is 1.17 bits per heavy atom. The highest BCUT2D eigenvalue weighted by atomic mass is 16.6. The van der Waals surface area contributed by atoms with Crippen molar-refractivity contribution < 1.29 is 18.8 Å². The maximum Gasteiger partial charge on any atom is 0.338 e. The van der Waals surface area contributed by atoms with Crippen LogP contribution in [0.1, 0.15) is 60.1 Å². The average molecular weight is 331 g/mol. The molecular weight excluding hydrogens is 310 g/mol. The standard InChI is InChI=1S/C17H21N3O4/c1-5-13-18-14(24-20-13)10-23-16(22)12-8-6-11(7-9-12)15(21)19-17(2,3)4/h6-9H,5,10H2,1-4H3,(H,19,21). The number of benzene rings is 1. The monoisotopic (exact) mass is 331 g/mol. The van der Waals surface area contributed by atoms with Crippen molar-refractivity contribution in [2.75, 3.05) is 0 Å². The molecule has 0 atom stereocenters. The van der Waals surface area contributed by atoms with E-state index in [1.165, 1.54) is 0 Å². The summed E-state index contributed by atoms with van der Waals surface area (Å²) >= 11 is 0. The van der Waals surface area contributed by atoms with Gasteiger partial charge in [0.25, 0.3) is 11.8 Å². The van der Waals surface area contributed by atoms with Crippen LogP contribution >= 0.6 is 0 Å². The molecule has 24 heavy (non-hydrogen) atoms. The lowest BCUT2D eigenvalue weighted by Crippen LogP contribution is -2.40. The van der Waals surface area contributed by atoms with E-state index in [2.05, 4.69) is 15.5 Å². The van der Waals surface area contributed by atoms with Crippen LogP contribution < -0.4 is 5.32 Å². The largest absolute Gasteiger partial charge is 0.452 e. The van der Waals surface area contributed by atoms with E-state index < -0.39 is 5.97 Å². The Morgan fingerprint density at radius 2 is 1.79 bits per heavy atom. The molecule has 0 aliphatic heterocycles. The van der Waals surface area contributed by atoms with Crippen molar-refractivity contribution in [2.45, 2.75) is 46.3 Å². The molecule has 1 aromatic carbocycles. The topological polar surface area (TPSA) is 94.3 Å². The minimum Gasteiger partial charge on any atom is -0.452 e. The predicted octanol–water partition coefficient (Wildman–Crippen LogP) is 2.52. The van der Waals surface area contributed by atoms with E-state index >= 15 is 0 Å². The third kappa shape index (κ3) is 4.91. The van der Waals surface area contributed by atoms with Gasteiger partial charge in [-0.1, -0.05) is 12.1 Å². The average Bonchev–Trinajstić information content (AvgIpc) is 2.99. The number of aromatic nitrogens is 2. The zero-order valence-corrected chi connectivity index (χ0v) is 14.3. The summed E-state index contributed by atoms with van der Waals surface area (Å²) in [5.41, 5.74) is 0.499. The summed E-state index contributed by atoms with van der Waals surface area (Å²) in [6, 6.07) is 6.26. The fourth-order valence-corrected chi connectivity index (χ4v) is 1.87. The molecule has 0 bridgehead atoms. The van der Waals surface area contributed by atoms with Gasteiger partial charge in [-0.25, -0.2) is 4.79 Å². The first-order valence-electron chi connectivity index (χ1n) is 7.69. The first-order chi connectivity index (χ1) is 11.3. The molecule has 128 valence electrons. The predicted molar refractivity (Wildman–Crippen MR) is 86.5 cm³/mol. The highest BCUT2D eigenvalue weighted by Gasteiger charge is 2.16. The minimum atomic E-state index is -0.519. The molecule has 0 saturated carbocycles. The van der Waals surface area contributed by atoms with Crippen LogP contribution in [0.3, 0.4) is 0 Å². The number of esters is 1. The van der Waals surface area contributed by atoms with Crippen molar-refractivity contribution in [1.29, 1.82) is 0 Å². The van der Waals surface area contributed by atoms with E-state index in [0.717, 1.165) is 0 Å². The van der Waals surface area contributed by atoms with Gasteiger partial charge in [-0.15, -0.1) is 0 Å². The molecular formula is C17H21N3O4. The molecule has 1 amide bonds. The van der Waals surface area contributed by atoms with Crippen LogP contribution in [0.15, 0.2) is 28.8 Å². The Balaban J connectivity index is 1.94. The first-order valence-corrected chi connectivity index (χ1v) is 7.69. The molecule has 0 saturated heterocycles. The minimum absolute atomic E-state index is 0.0852. The van der Waals surface area contributed by atoms with Crippen LogP contribution in [0.4, 0.5) is 0 Å². The van der Waals surface area contributed by atoms with Gasteiger partial charge < -0.3 is 14.6 Å². The van der Waals surface area contributed by atoms with Crippen molar-refractivity contribution in [3.05, 3.63) is 47.1 Å². The summed E-state index contributed by atoms with van der Waals surface area (Å²) in [5, 5.41) is 6.58. The van der Waals surface area contributed by atoms with Crippen LogP contribution in [0.2, 0.25) is 0 Å². The zero-order chi connectivity index (χ0) is 17.7. The van der Waals surface area contributed by atoms with E-state index in [1.54, 1.807) is 24.3 Å². The molecule has 0 fully saturated rings. The summed E-state index contributed by atoms with van der Waals surface area (Å²) in [7, 11) is 0. The molecule has 0 spiro atoms. The van der Waals surface area contributed by atoms with Crippen LogP contribution in [-0.4, -0.2) is 27.6 Å². The highest BCUT2D eigenvalue weighted by molar-refractivity contribution is 5.96. The summed E-state index contributed by atoms with van der Waals surface area (Å²) in [6.07, 6.45) is 0.648. The van der Waals surface area contributed by atoms with Gasteiger partial charge in [0, 0.05) is 17.5 Å². The van der Waals surface area contributed by atoms with Crippen molar-refractivity contribution >= 4 is 11.9 Å². The fourth-order valence-electron chi connectivity index (χ4n) is 1.87. The van der Waals surface area contributed by atoms with E-state index in [9.17, 15) is 9.59 Å². The molecule has 1 aromatic heterocycles. The Hall–Kier alpha value is -2.70. The van der Waals surface area contributed by atoms with Gasteiger partial charge in [0.15, 0.2) is 12.4 Å². The van der Waals surface area contributed by atoms with E-state index in [4.69, 9.17) is 9.26 Å². The third-order valence-corrected chi connectivity index (χ3v) is 3.02. The number of hydrogen-bond acceptors (Lipinski definition) is 6. The fraction of sp³-hybridized carbons (Fsp3) is 0.412. The molecule has 2 rings (SSSR count). The van der Waals surface area contributed by atoms with Crippen LogP contribution in [0.25, 0.3) is 0 Å². The lowest BCUT2D eigenvalue weighted by atomic mass is 10.1. The number of carbonyl (C=O) groups excluding carboxylic acids is 2. The van der Waals surface area contributed by atoms with E-state index in [1.807, 2.05) is 27.7 Å². The number of nitrogens with one attached hydrogen (secondary N) is 1. The lowest BCUT2D eigenvalue weighted by Gasteiger charge is -2.20. The van der Waals surface area contributed by atoms with Crippen molar-refractivity contribution in [2.24, 2.45) is 0 Å². The van der Waals surface area contributed by atoms with Gasteiger partial charge in [-0.05, 0) is 45.0 Å². The lowest BCUT2D eigenvalue weighted by molar-refractivity contribution is 0.0429. The van der Waals surface area contributed by atoms with Gasteiger partial charge in [0.05, 0.1) is 5.56 Å². The van der Waals surface area contributed by atoms with Crippen molar-refractivity contribution in [3.63, 3.8) is 0 Å². The second kappa shape index (κ2) is 7.25. The van der Waals surface area contributed by atoms with Gasteiger partial charge in [0.1, 0.15) is 0 Å². The van der Waals surface area contributed by atoms with Gasteiger partial charge in [-0.2, -0.15) is 4.98 Å². The number of amides is 1. The Labute approximate surface area is 140 Å². The molecule has 0 radical (unpaired) electrons. The maximum absolute atomic E-state index is 12.0. The SMILES string of the molecule is CCc1noc(COC(=O)c2ccc(C(=O)NC(C)(C)C)cc2)n1. The molecule has 0 aliphatic rings. The summed E-state index contributed by atoms with van der Waals surface area (Å²) in [6.45, 7) is 7.52. The third-order valence-electron chi connectivity index (χ3n) is 3.02.